The van der Waals surface area contributed by atoms with Crippen LogP contribution in [0.2, 0.25) is 0 Å². The lowest BCUT2D eigenvalue weighted by Crippen LogP contribution is -2.22. The lowest BCUT2D eigenvalue weighted by molar-refractivity contribution is 0.303. The van der Waals surface area contributed by atoms with Crippen LogP contribution in [-0.2, 0) is 0 Å². The number of likely N-dealkylation sites (N-methyl/N-ethyl adjacent to an activating group) is 1. The quantitative estimate of drug-likeness (QED) is 0.912. The van der Waals surface area contributed by atoms with E-state index >= 15 is 0 Å². The van der Waals surface area contributed by atoms with E-state index in [-0.39, 0.29) is 6.61 Å². The molecule has 0 unspecified atom stereocenters. The SMILES string of the molecule is Cc1ccc(C)c(-c2ccc(N(C)CCO)nn2)c1. The summed E-state index contributed by atoms with van der Waals surface area (Å²) in [4.78, 5) is 1.87. The molecule has 0 atom stereocenters. The fraction of sp³-hybridized carbons (Fsp3) is 0.333. The van der Waals surface area contributed by atoms with Gasteiger partial charge in [0.15, 0.2) is 5.82 Å². The van der Waals surface area contributed by atoms with E-state index in [1.165, 1.54) is 11.1 Å². The number of benzene rings is 1. The van der Waals surface area contributed by atoms with Gasteiger partial charge in [0, 0.05) is 19.2 Å². The van der Waals surface area contributed by atoms with Crippen molar-refractivity contribution in [1.82, 2.24) is 10.2 Å². The maximum Gasteiger partial charge on any atom is 0.151 e. The van der Waals surface area contributed by atoms with Crippen LogP contribution >= 0.6 is 0 Å². The van der Waals surface area contributed by atoms with Crippen LogP contribution < -0.4 is 4.90 Å². The second-order valence-corrected chi connectivity index (χ2v) is 4.74. The Hall–Kier alpha value is -1.94. The van der Waals surface area contributed by atoms with Gasteiger partial charge in [-0.05, 0) is 37.6 Å². The number of hydrogen-bond donors (Lipinski definition) is 1. The molecule has 1 heterocycles. The summed E-state index contributed by atoms with van der Waals surface area (Å²) in [5.74, 6) is 0.767. The molecule has 0 amide bonds. The Labute approximate surface area is 113 Å². The van der Waals surface area contributed by atoms with Crippen molar-refractivity contribution in [2.24, 2.45) is 0 Å². The van der Waals surface area contributed by atoms with Gasteiger partial charge in [0.05, 0.1) is 12.3 Å². The van der Waals surface area contributed by atoms with E-state index in [9.17, 15) is 0 Å². The van der Waals surface area contributed by atoms with Crippen molar-refractivity contribution in [3.8, 4) is 11.3 Å². The minimum absolute atomic E-state index is 0.108. The smallest absolute Gasteiger partial charge is 0.151 e. The van der Waals surface area contributed by atoms with Crippen molar-refractivity contribution >= 4 is 5.82 Å². The number of hydrogen-bond acceptors (Lipinski definition) is 4. The van der Waals surface area contributed by atoms with Gasteiger partial charge in [-0.2, -0.15) is 0 Å². The zero-order valence-corrected chi connectivity index (χ0v) is 11.6. The van der Waals surface area contributed by atoms with Crippen LogP contribution in [0.15, 0.2) is 30.3 Å². The van der Waals surface area contributed by atoms with E-state index in [1.807, 2.05) is 24.1 Å². The fourth-order valence-electron chi connectivity index (χ4n) is 1.95. The largest absolute Gasteiger partial charge is 0.395 e. The van der Waals surface area contributed by atoms with E-state index in [1.54, 1.807) is 0 Å². The molecular formula is C15H19N3O. The van der Waals surface area contributed by atoms with Crippen molar-refractivity contribution in [3.05, 3.63) is 41.5 Å². The molecule has 0 spiro atoms. The third kappa shape index (κ3) is 3.09. The summed E-state index contributed by atoms with van der Waals surface area (Å²) in [6, 6.07) is 10.2. The van der Waals surface area contributed by atoms with E-state index in [4.69, 9.17) is 5.11 Å². The van der Waals surface area contributed by atoms with Crippen LogP contribution in [0.3, 0.4) is 0 Å². The first-order valence-electron chi connectivity index (χ1n) is 6.35. The van der Waals surface area contributed by atoms with Crippen molar-refractivity contribution in [2.75, 3.05) is 25.1 Å². The molecule has 1 aromatic carbocycles. The molecule has 1 N–H and O–H groups in total. The first-order chi connectivity index (χ1) is 9.11. The summed E-state index contributed by atoms with van der Waals surface area (Å²) in [6.07, 6.45) is 0. The van der Waals surface area contributed by atoms with Gasteiger partial charge in [-0.25, -0.2) is 0 Å². The maximum atomic E-state index is 8.91. The summed E-state index contributed by atoms with van der Waals surface area (Å²) in [7, 11) is 1.89. The zero-order valence-electron chi connectivity index (χ0n) is 11.6. The average Bonchev–Trinajstić information content (AvgIpc) is 2.42. The molecule has 4 nitrogen and oxygen atoms in total. The van der Waals surface area contributed by atoms with Crippen LogP contribution in [0.4, 0.5) is 5.82 Å². The highest BCUT2D eigenvalue weighted by atomic mass is 16.3. The maximum absolute atomic E-state index is 8.91. The predicted octanol–water partition coefficient (Wildman–Crippen LogP) is 2.19. The Morgan fingerprint density at radius 3 is 2.53 bits per heavy atom. The third-order valence-corrected chi connectivity index (χ3v) is 3.15. The van der Waals surface area contributed by atoms with E-state index in [2.05, 4.69) is 42.2 Å². The summed E-state index contributed by atoms with van der Waals surface area (Å²) < 4.78 is 0. The van der Waals surface area contributed by atoms with Crippen LogP contribution in [0, 0.1) is 13.8 Å². The predicted molar refractivity (Wildman–Crippen MR) is 77.3 cm³/mol. The Balaban J connectivity index is 2.29. The summed E-state index contributed by atoms with van der Waals surface area (Å²) in [5.41, 5.74) is 4.39. The molecular weight excluding hydrogens is 238 g/mol. The van der Waals surface area contributed by atoms with Gasteiger partial charge >= 0.3 is 0 Å². The number of aliphatic hydroxyl groups is 1. The molecule has 4 heteroatoms. The van der Waals surface area contributed by atoms with Gasteiger partial charge in [-0.15, -0.1) is 10.2 Å². The van der Waals surface area contributed by atoms with Crippen LogP contribution in [0.5, 0.6) is 0 Å². The molecule has 0 fully saturated rings. The summed E-state index contributed by atoms with van der Waals surface area (Å²) in [5, 5.41) is 17.4. The highest BCUT2D eigenvalue weighted by molar-refractivity contribution is 5.64. The second-order valence-electron chi connectivity index (χ2n) is 4.74. The standard InChI is InChI=1S/C15H19N3O/c1-11-4-5-12(2)13(10-11)14-6-7-15(17-16-14)18(3)8-9-19/h4-7,10,19H,8-9H2,1-3H3. The molecule has 0 saturated heterocycles. The van der Waals surface area contributed by atoms with Gasteiger partial charge in [-0.3, -0.25) is 0 Å². The number of nitrogens with zero attached hydrogens (tertiary/aromatic N) is 3. The molecule has 0 saturated carbocycles. The van der Waals surface area contributed by atoms with Crippen LogP contribution in [0.25, 0.3) is 11.3 Å². The lowest BCUT2D eigenvalue weighted by atomic mass is 10.0. The molecule has 0 radical (unpaired) electrons. The number of aromatic nitrogens is 2. The molecule has 2 rings (SSSR count). The molecule has 2 aromatic rings. The Morgan fingerprint density at radius 2 is 1.89 bits per heavy atom. The number of aliphatic hydroxyl groups excluding tert-OH is 1. The van der Waals surface area contributed by atoms with Gasteiger partial charge in [0.25, 0.3) is 0 Å². The summed E-state index contributed by atoms with van der Waals surface area (Å²) >= 11 is 0. The second kappa shape index (κ2) is 5.80. The highest BCUT2D eigenvalue weighted by Gasteiger charge is 2.07. The Morgan fingerprint density at radius 1 is 1.11 bits per heavy atom. The van der Waals surface area contributed by atoms with E-state index < -0.39 is 0 Å². The minimum atomic E-state index is 0.108. The van der Waals surface area contributed by atoms with Crippen LogP contribution in [-0.4, -0.2) is 35.5 Å². The first-order valence-corrected chi connectivity index (χ1v) is 6.35. The zero-order chi connectivity index (χ0) is 13.8. The molecule has 0 aliphatic rings. The Kier molecular flexibility index (Phi) is 4.12. The summed E-state index contributed by atoms with van der Waals surface area (Å²) in [6.45, 7) is 4.80. The van der Waals surface area contributed by atoms with E-state index in [0.29, 0.717) is 6.54 Å². The molecule has 19 heavy (non-hydrogen) atoms. The normalized spacial score (nSPS) is 10.5. The molecule has 1 aromatic heterocycles. The van der Waals surface area contributed by atoms with Crippen molar-refractivity contribution in [3.63, 3.8) is 0 Å². The van der Waals surface area contributed by atoms with Crippen molar-refractivity contribution in [2.45, 2.75) is 13.8 Å². The van der Waals surface area contributed by atoms with Crippen LogP contribution in [0.1, 0.15) is 11.1 Å². The molecule has 0 bridgehead atoms. The van der Waals surface area contributed by atoms with E-state index in [0.717, 1.165) is 17.1 Å². The van der Waals surface area contributed by atoms with Gasteiger partial charge in [-0.1, -0.05) is 17.7 Å². The molecule has 0 aliphatic heterocycles. The molecule has 100 valence electrons. The average molecular weight is 257 g/mol. The topological polar surface area (TPSA) is 49.2 Å². The number of aryl methyl sites for hydroxylation is 2. The fourth-order valence-corrected chi connectivity index (χ4v) is 1.95. The monoisotopic (exact) mass is 257 g/mol. The minimum Gasteiger partial charge on any atom is -0.395 e. The van der Waals surface area contributed by atoms with Crippen molar-refractivity contribution in [1.29, 1.82) is 0 Å². The van der Waals surface area contributed by atoms with Gasteiger partial charge in [0.2, 0.25) is 0 Å². The van der Waals surface area contributed by atoms with Gasteiger partial charge in [0.1, 0.15) is 0 Å². The lowest BCUT2D eigenvalue weighted by Gasteiger charge is -2.16. The highest BCUT2D eigenvalue weighted by Crippen LogP contribution is 2.23. The molecule has 0 aliphatic carbocycles. The number of anilines is 1. The number of rotatable bonds is 4. The van der Waals surface area contributed by atoms with Crippen molar-refractivity contribution < 1.29 is 5.11 Å². The third-order valence-electron chi connectivity index (χ3n) is 3.15. The Bertz CT molecular complexity index is 552. The van der Waals surface area contributed by atoms with Gasteiger partial charge < -0.3 is 10.0 Å². The first kappa shape index (κ1) is 13.5.